The first-order valence-electron chi connectivity index (χ1n) is 7.20. The highest BCUT2D eigenvalue weighted by Crippen LogP contribution is 2.36. The number of thiazole rings is 1. The molecule has 0 saturated heterocycles. The van der Waals surface area contributed by atoms with Crippen molar-refractivity contribution in [1.29, 1.82) is 0 Å². The maximum atomic E-state index is 5.42. The van der Waals surface area contributed by atoms with Crippen LogP contribution in [0.5, 0.6) is 5.75 Å². The second kappa shape index (κ2) is 6.85. The maximum Gasteiger partial charge on any atom is 0.123 e. The number of rotatable bonds is 5. The van der Waals surface area contributed by atoms with E-state index in [2.05, 4.69) is 32.7 Å². The van der Waals surface area contributed by atoms with Crippen LogP contribution >= 0.6 is 11.3 Å². The molecule has 2 aromatic rings. The lowest BCUT2D eigenvalue weighted by Crippen LogP contribution is -2.04. The van der Waals surface area contributed by atoms with Gasteiger partial charge in [0, 0.05) is 28.9 Å². The third kappa shape index (κ3) is 3.50. The third-order valence-electron chi connectivity index (χ3n) is 3.87. The SMILES string of the molecule is CCC(C)C(C)=Nc1cc(OC)cc(-c2nccs2)c1C. The number of hydrogen-bond donors (Lipinski definition) is 0. The summed E-state index contributed by atoms with van der Waals surface area (Å²) in [6, 6.07) is 4.03. The van der Waals surface area contributed by atoms with Crippen LogP contribution in [0.3, 0.4) is 0 Å². The molecule has 2 rings (SSSR count). The second-order valence-electron chi connectivity index (χ2n) is 5.22. The lowest BCUT2D eigenvalue weighted by Gasteiger charge is -2.13. The van der Waals surface area contributed by atoms with E-state index >= 15 is 0 Å². The summed E-state index contributed by atoms with van der Waals surface area (Å²) in [4.78, 5) is 9.23. The molecule has 3 nitrogen and oxygen atoms in total. The molecule has 1 aromatic carbocycles. The molecule has 112 valence electrons. The molecule has 0 aliphatic rings. The number of aliphatic imine (C=N–C) groups is 1. The Bertz CT molecular complexity index is 632. The zero-order valence-corrected chi connectivity index (χ0v) is 14.1. The van der Waals surface area contributed by atoms with Crippen molar-refractivity contribution in [2.24, 2.45) is 10.9 Å². The molecule has 4 heteroatoms. The van der Waals surface area contributed by atoms with E-state index in [9.17, 15) is 0 Å². The Kier molecular flexibility index (Phi) is 5.12. The van der Waals surface area contributed by atoms with Gasteiger partial charge in [-0.05, 0) is 37.8 Å². The highest BCUT2D eigenvalue weighted by molar-refractivity contribution is 7.13. The van der Waals surface area contributed by atoms with Crippen molar-refractivity contribution in [2.75, 3.05) is 7.11 Å². The van der Waals surface area contributed by atoms with Crippen molar-refractivity contribution in [1.82, 2.24) is 4.98 Å². The molecule has 1 atom stereocenters. The van der Waals surface area contributed by atoms with Gasteiger partial charge in [0.2, 0.25) is 0 Å². The van der Waals surface area contributed by atoms with E-state index in [0.29, 0.717) is 5.92 Å². The van der Waals surface area contributed by atoms with Crippen LogP contribution < -0.4 is 4.74 Å². The number of hydrogen-bond acceptors (Lipinski definition) is 4. The smallest absolute Gasteiger partial charge is 0.123 e. The molecule has 0 radical (unpaired) electrons. The van der Waals surface area contributed by atoms with E-state index in [1.807, 2.05) is 23.7 Å². The topological polar surface area (TPSA) is 34.5 Å². The highest BCUT2D eigenvalue weighted by Gasteiger charge is 2.12. The zero-order chi connectivity index (χ0) is 15.4. The molecule has 1 aromatic heterocycles. The normalized spacial score (nSPS) is 13.3. The predicted molar refractivity (Wildman–Crippen MR) is 91.1 cm³/mol. The van der Waals surface area contributed by atoms with Crippen LogP contribution in [0.15, 0.2) is 28.7 Å². The second-order valence-corrected chi connectivity index (χ2v) is 6.11. The van der Waals surface area contributed by atoms with Crippen LogP contribution in [-0.4, -0.2) is 17.8 Å². The minimum absolute atomic E-state index is 0.485. The van der Waals surface area contributed by atoms with E-state index in [-0.39, 0.29) is 0 Å². The van der Waals surface area contributed by atoms with Crippen LogP contribution in [-0.2, 0) is 0 Å². The van der Waals surface area contributed by atoms with Gasteiger partial charge >= 0.3 is 0 Å². The van der Waals surface area contributed by atoms with Gasteiger partial charge in [-0.15, -0.1) is 11.3 Å². The Morgan fingerprint density at radius 2 is 2.19 bits per heavy atom. The standard InChI is InChI=1S/C17H22N2OS/c1-6-11(2)13(4)19-16-10-14(20-5)9-15(12(16)3)17-18-7-8-21-17/h7-11H,6H2,1-5H3. The molecule has 0 saturated carbocycles. The molecule has 0 spiro atoms. The average molecular weight is 302 g/mol. The van der Waals surface area contributed by atoms with Gasteiger partial charge in [0.25, 0.3) is 0 Å². The van der Waals surface area contributed by atoms with Crippen LogP contribution in [0.2, 0.25) is 0 Å². The fourth-order valence-electron chi connectivity index (χ4n) is 2.08. The van der Waals surface area contributed by atoms with Crippen molar-refractivity contribution in [3.05, 3.63) is 29.3 Å². The minimum atomic E-state index is 0.485. The van der Waals surface area contributed by atoms with Gasteiger partial charge in [0.15, 0.2) is 0 Å². The van der Waals surface area contributed by atoms with Crippen molar-refractivity contribution in [3.8, 4) is 16.3 Å². The van der Waals surface area contributed by atoms with Gasteiger partial charge < -0.3 is 4.74 Å². The Hall–Kier alpha value is -1.68. The number of aromatic nitrogens is 1. The average Bonchev–Trinajstić information content (AvgIpc) is 3.02. The summed E-state index contributed by atoms with van der Waals surface area (Å²) in [7, 11) is 1.69. The van der Waals surface area contributed by atoms with Gasteiger partial charge in [-0.3, -0.25) is 4.99 Å². The monoisotopic (exact) mass is 302 g/mol. The molecule has 0 fully saturated rings. The number of benzene rings is 1. The lowest BCUT2D eigenvalue weighted by molar-refractivity contribution is 0.415. The van der Waals surface area contributed by atoms with Gasteiger partial charge in [-0.1, -0.05) is 13.8 Å². The molecule has 0 N–H and O–H groups in total. The van der Waals surface area contributed by atoms with Gasteiger partial charge in [-0.25, -0.2) is 4.98 Å². The Morgan fingerprint density at radius 1 is 1.43 bits per heavy atom. The molecular weight excluding hydrogens is 280 g/mol. The predicted octanol–water partition coefficient (Wildman–Crippen LogP) is 5.27. The lowest BCUT2D eigenvalue weighted by atomic mass is 10.0. The summed E-state index contributed by atoms with van der Waals surface area (Å²) in [5.41, 5.74) is 4.37. The van der Waals surface area contributed by atoms with Gasteiger partial charge in [-0.2, -0.15) is 0 Å². The highest BCUT2D eigenvalue weighted by atomic mass is 32.1. The van der Waals surface area contributed by atoms with Crippen LogP contribution in [0.1, 0.15) is 32.8 Å². The third-order valence-corrected chi connectivity index (χ3v) is 4.68. The fourth-order valence-corrected chi connectivity index (χ4v) is 2.79. The van der Waals surface area contributed by atoms with E-state index < -0.39 is 0 Å². The first-order chi connectivity index (χ1) is 10.1. The van der Waals surface area contributed by atoms with Crippen molar-refractivity contribution >= 4 is 22.7 Å². The molecule has 0 bridgehead atoms. The van der Waals surface area contributed by atoms with Crippen LogP contribution in [0.25, 0.3) is 10.6 Å². The number of nitrogens with zero attached hydrogens (tertiary/aromatic N) is 2. The molecular formula is C17H22N2OS. The van der Waals surface area contributed by atoms with E-state index in [1.54, 1.807) is 18.4 Å². The zero-order valence-electron chi connectivity index (χ0n) is 13.3. The van der Waals surface area contributed by atoms with Gasteiger partial charge in [0.1, 0.15) is 10.8 Å². The summed E-state index contributed by atoms with van der Waals surface area (Å²) < 4.78 is 5.42. The fraction of sp³-hybridized carbons (Fsp3) is 0.412. The van der Waals surface area contributed by atoms with Crippen molar-refractivity contribution < 1.29 is 4.74 Å². The first kappa shape index (κ1) is 15.7. The summed E-state index contributed by atoms with van der Waals surface area (Å²) in [5.74, 6) is 1.31. The first-order valence-corrected chi connectivity index (χ1v) is 8.08. The Labute approximate surface area is 130 Å². The van der Waals surface area contributed by atoms with Crippen molar-refractivity contribution in [3.63, 3.8) is 0 Å². The van der Waals surface area contributed by atoms with Gasteiger partial charge in [0.05, 0.1) is 12.8 Å². The quantitative estimate of drug-likeness (QED) is 0.705. The minimum Gasteiger partial charge on any atom is -0.497 e. The van der Waals surface area contributed by atoms with E-state index in [0.717, 1.165) is 39.7 Å². The molecule has 1 heterocycles. The number of methoxy groups -OCH3 is 1. The number of ether oxygens (including phenoxy) is 1. The van der Waals surface area contributed by atoms with Crippen LogP contribution in [0.4, 0.5) is 5.69 Å². The Morgan fingerprint density at radius 3 is 2.76 bits per heavy atom. The maximum absolute atomic E-state index is 5.42. The van der Waals surface area contributed by atoms with Crippen molar-refractivity contribution in [2.45, 2.75) is 34.1 Å². The van der Waals surface area contributed by atoms with Crippen LogP contribution in [0, 0.1) is 12.8 Å². The van der Waals surface area contributed by atoms with E-state index in [4.69, 9.17) is 9.73 Å². The molecule has 0 amide bonds. The molecule has 21 heavy (non-hydrogen) atoms. The molecule has 0 aliphatic carbocycles. The summed E-state index contributed by atoms with van der Waals surface area (Å²) in [6.45, 7) is 8.58. The molecule has 0 aliphatic heterocycles. The largest absolute Gasteiger partial charge is 0.497 e. The van der Waals surface area contributed by atoms with E-state index in [1.165, 1.54) is 0 Å². The summed E-state index contributed by atoms with van der Waals surface area (Å²) in [6.07, 6.45) is 2.92. The summed E-state index contributed by atoms with van der Waals surface area (Å²) >= 11 is 1.63. The summed E-state index contributed by atoms with van der Waals surface area (Å²) in [5, 5.41) is 2.99. The Balaban J connectivity index is 2.54. The molecule has 1 unspecified atom stereocenters.